The molecule has 0 spiro atoms. The fourth-order valence-electron chi connectivity index (χ4n) is 2.37. The van der Waals surface area contributed by atoms with Crippen LogP contribution in [0, 0.1) is 6.92 Å². The van der Waals surface area contributed by atoms with E-state index in [4.69, 9.17) is 27.9 Å². The molecule has 2 aromatic rings. The van der Waals surface area contributed by atoms with E-state index < -0.39 is 16.0 Å². The number of sulfonamides is 1. The number of halogens is 2. The van der Waals surface area contributed by atoms with Crippen LogP contribution in [0.5, 0.6) is 0 Å². The van der Waals surface area contributed by atoms with Gasteiger partial charge in [-0.05, 0) is 43.0 Å². The molecule has 3 rings (SSSR count). The second-order valence-electron chi connectivity index (χ2n) is 6.16. The number of rotatable bonds is 6. The SMILES string of the molecule is Cc1ccccc1COC(=O)c1cc(S(=O)(=O)NC2CC2)c(Cl)cc1Cl. The van der Waals surface area contributed by atoms with E-state index in [9.17, 15) is 13.2 Å². The summed E-state index contributed by atoms with van der Waals surface area (Å²) >= 11 is 12.1. The second kappa shape index (κ2) is 7.56. The lowest BCUT2D eigenvalue weighted by atomic mass is 10.1. The van der Waals surface area contributed by atoms with Crippen molar-refractivity contribution < 1.29 is 17.9 Å². The summed E-state index contributed by atoms with van der Waals surface area (Å²) in [6.07, 6.45) is 1.57. The zero-order valence-electron chi connectivity index (χ0n) is 14.0. The molecular formula is C18H17Cl2NO4S. The van der Waals surface area contributed by atoms with Gasteiger partial charge in [0.25, 0.3) is 0 Å². The molecule has 0 saturated heterocycles. The van der Waals surface area contributed by atoms with Crippen molar-refractivity contribution in [3.8, 4) is 0 Å². The highest BCUT2D eigenvalue weighted by Gasteiger charge is 2.30. The molecule has 0 heterocycles. The van der Waals surface area contributed by atoms with E-state index in [0.29, 0.717) is 0 Å². The maximum absolute atomic E-state index is 12.4. The Labute approximate surface area is 162 Å². The number of benzene rings is 2. The Morgan fingerprint density at radius 1 is 1.19 bits per heavy atom. The van der Waals surface area contributed by atoms with Gasteiger partial charge in [-0.3, -0.25) is 0 Å². The Bertz CT molecular complexity index is 956. The van der Waals surface area contributed by atoms with Crippen LogP contribution in [0.25, 0.3) is 0 Å². The topological polar surface area (TPSA) is 72.5 Å². The molecular weight excluding hydrogens is 397 g/mol. The number of nitrogens with one attached hydrogen (secondary N) is 1. The molecule has 0 bridgehead atoms. The molecule has 0 aromatic heterocycles. The van der Waals surface area contributed by atoms with Gasteiger partial charge in [0, 0.05) is 6.04 Å². The van der Waals surface area contributed by atoms with Crippen LogP contribution in [0.15, 0.2) is 41.3 Å². The maximum atomic E-state index is 12.4. The fraction of sp³-hybridized carbons (Fsp3) is 0.278. The third-order valence-corrected chi connectivity index (χ3v) is 6.35. The number of hydrogen-bond donors (Lipinski definition) is 1. The first-order valence-corrected chi connectivity index (χ1v) is 10.2. The van der Waals surface area contributed by atoms with E-state index in [2.05, 4.69) is 4.72 Å². The lowest BCUT2D eigenvalue weighted by Gasteiger charge is -2.12. The van der Waals surface area contributed by atoms with Gasteiger partial charge in [-0.15, -0.1) is 0 Å². The summed E-state index contributed by atoms with van der Waals surface area (Å²) in [7, 11) is -3.82. The molecule has 1 saturated carbocycles. The third-order valence-electron chi connectivity index (χ3n) is 4.05. The van der Waals surface area contributed by atoms with Gasteiger partial charge in [0.15, 0.2) is 0 Å². The number of carbonyl (C=O) groups is 1. The Balaban J connectivity index is 1.83. The molecule has 1 aliphatic rings. The predicted molar refractivity (Wildman–Crippen MR) is 100 cm³/mol. The van der Waals surface area contributed by atoms with Crippen LogP contribution < -0.4 is 4.72 Å². The molecule has 8 heteroatoms. The predicted octanol–water partition coefficient (Wildman–Crippen LogP) is 4.10. The fourth-order valence-corrected chi connectivity index (χ4v) is 4.52. The minimum atomic E-state index is -3.82. The highest BCUT2D eigenvalue weighted by Crippen LogP contribution is 2.31. The van der Waals surface area contributed by atoms with Crippen molar-refractivity contribution in [3.63, 3.8) is 0 Å². The number of esters is 1. The van der Waals surface area contributed by atoms with Crippen molar-refractivity contribution in [1.29, 1.82) is 0 Å². The number of carbonyl (C=O) groups excluding carboxylic acids is 1. The standard InChI is InChI=1S/C18H17Cl2NO4S/c1-11-4-2-3-5-12(11)10-25-18(22)14-8-17(16(20)9-15(14)19)26(23,24)21-13-6-7-13/h2-5,8-9,13,21H,6-7,10H2,1H3. The first kappa shape index (κ1) is 19.2. The van der Waals surface area contributed by atoms with Crippen LogP contribution >= 0.6 is 23.2 Å². The summed E-state index contributed by atoms with van der Waals surface area (Å²) in [4.78, 5) is 12.2. The third kappa shape index (κ3) is 4.38. The van der Waals surface area contributed by atoms with E-state index >= 15 is 0 Å². The van der Waals surface area contributed by atoms with E-state index in [-0.39, 0.29) is 33.2 Å². The summed E-state index contributed by atoms with van der Waals surface area (Å²) in [5.74, 6) is -0.710. The van der Waals surface area contributed by atoms with Crippen molar-refractivity contribution in [1.82, 2.24) is 4.72 Å². The van der Waals surface area contributed by atoms with Crippen molar-refractivity contribution in [2.75, 3.05) is 0 Å². The number of hydrogen-bond acceptors (Lipinski definition) is 4. The summed E-state index contributed by atoms with van der Waals surface area (Å²) in [6.45, 7) is 1.97. The Morgan fingerprint density at radius 3 is 2.54 bits per heavy atom. The number of aryl methyl sites for hydroxylation is 1. The molecule has 26 heavy (non-hydrogen) atoms. The normalized spacial score (nSPS) is 14.3. The Hall–Kier alpha value is -1.60. The first-order valence-electron chi connectivity index (χ1n) is 8.01. The molecule has 1 fully saturated rings. The highest BCUT2D eigenvalue weighted by atomic mass is 35.5. The van der Waals surface area contributed by atoms with Crippen LogP contribution in [0.1, 0.15) is 34.3 Å². The molecule has 0 atom stereocenters. The van der Waals surface area contributed by atoms with E-state index in [1.807, 2.05) is 31.2 Å². The summed E-state index contributed by atoms with van der Waals surface area (Å²) < 4.78 is 32.7. The first-order chi connectivity index (χ1) is 12.3. The van der Waals surface area contributed by atoms with Crippen LogP contribution in [0.4, 0.5) is 0 Å². The van der Waals surface area contributed by atoms with Crippen LogP contribution in [0.3, 0.4) is 0 Å². The largest absolute Gasteiger partial charge is 0.457 e. The highest BCUT2D eigenvalue weighted by molar-refractivity contribution is 7.89. The van der Waals surface area contributed by atoms with Crippen molar-refractivity contribution in [3.05, 3.63) is 63.1 Å². The van der Waals surface area contributed by atoms with Gasteiger partial charge in [-0.1, -0.05) is 47.5 Å². The smallest absolute Gasteiger partial charge is 0.340 e. The minimum Gasteiger partial charge on any atom is -0.457 e. The van der Waals surface area contributed by atoms with Crippen molar-refractivity contribution >= 4 is 39.2 Å². The van der Waals surface area contributed by atoms with Gasteiger partial charge in [-0.2, -0.15) is 0 Å². The molecule has 1 aliphatic carbocycles. The average molecular weight is 414 g/mol. The zero-order valence-corrected chi connectivity index (χ0v) is 16.3. The van der Waals surface area contributed by atoms with Crippen LogP contribution in [0.2, 0.25) is 10.0 Å². The van der Waals surface area contributed by atoms with Crippen molar-refractivity contribution in [2.24, 2.45) is 0 Å². The van der Waals surface area contributed by atoms with Gasteiger partial charge in [0.05, 0.1) is 15.6 Å². The van der Waals surface area contributed by atoms with Gasteiger partial charge >= 0.3 is 5.97 Å². The van der Waals surface area contributed by atoms with Crippen molar-refractivity contribution in [2.45, 2.75) is 37.3 Å². The Kier molecular flexibility index (Phi) is 5.58. The monoisotopic (exact) mass is 413 g/mol. The summed E-state index contributed by atoms with van der Waals surface area (Å²) in [6, 6.07) is 9.82. The van der Waals surface area contributed by atoms with E-state index in [0.717, 1.165) is 30.0 Å². The van der Waals surface area contributed by atoms with Crippen LogP contribution in [-0.2, 0) is 21.4 Å². The van der Waals surface area contributed by atoms with Gasteiger partial charge in [-0.25, -0.2) is 17.9 Å². The molecule has 0 amide bonds. The molecule has 0 radical (unpaired) electrons. The van der Waals surface area contributed by atoms with Gasteiger partial charge < -0.3 is 4.74 Å². The van der Waals surface area contributed by atoms with Gasteiger partial charge in [0.1, 0.15) is 11.5 Å². The van der Waals surface area contributed by atoms with Gasteiger partial charge in [0.2, 0.25) is 10.0 Å². The molecule has 0 unspecified atom stereocenters. The molecule has 2 aromatic carbocycles. The lowest BCUT2D eigenvalue weighted by Crippen LogP contribution is -2.26. The number of ether oxygens (including phenoxy) is 1. The average Bonchev–Trinajstić information content (AvgIpc) is 3.37. The van der Waals surface area contributed by atoms with E-state index in [1.165, 1.54) is 6.07 Å². The molecule has 0 aliphatic heterocycles. The summed E-state index contributed by atoms with van der Waals surface area (Å²) in [5, 5.41) is -0.00578. The molecule has 5 nitrogen and oxygen atoms in total. The lowest BCUT2D eigenvalue weighted by molar-refractivity contribution is 0.0472. The zero-order chi connectivity index (χ0) is 18.9. The quantitative estimate of drug-likeness (QED) is 0.723. The van der Waals surface area contributed by atoms with E-state index in [1.54, 1.807) is 0 Å². The summed E-state index contributed by atoms with van der Waals surface area (Å²) in [5.41, 5.74) is 1.80. The molecule has 1 N–H and O–H groups in total. The molecule has 138 valence electrons. The van der Waals surface area contributed by atoms with Crippen LogP contribution in [-0.4, -0.2) is 20.4 Å². The Morgan fingerprint density at radius 2 is 1.88 bits per heavy atom. The minimum absolute atomic E-state index is 0.0372. The maximum Gasteiger partial charge on any atom is 0.340 e. The second-order valence-corrected chi connectivity index (χ2v) is 8.66.